The highest BCUT2D eigenvalue weighted by Gasteiger charge is 2.54. The predicted octanol–water partition coefficient (Wildman–Crippen LogP) is -1.75. The van der Waals surface area contributed by atoms with Crippen molar-refractivity contribution in [1.29, 1.82) is 0 Å². The first-order valence-corrected chi connectivity index (χ1v) is 3.21. The molecule has 2 rings (SSSR count). The first kappa shape index (κ1) is 4.77. The summed E-state index contributed by atoms with van der Waals surface area (Å²) in [4.78, 5) is 1.42. The topological polar surface area (TPSA) is 30.5 Å². The molecular weight excluding hydrogens is 100 g/mol. The largest absolute Gasteiger partial charge is 0.467 e. The van der Waals surface area contributed by atoms with Gasteiger partial charge in [0.05, 0.1) is 13.1 Å². The third kappa shape index (κ3) is 0.446. The van der Waals surface area contributed by atoms with Gasteiger partial charge < -0.3 is 10.6 Å². The molecule has 2 unspecified atom stereocenters. The quantitative estimate of drug-likeness (QED) is 0.358. The summed E-state index contributed by atoms with van der Waals surface area (Å²) in [5.74, 6) is 1.67. The van der Waals surface area contributed by atoms with Gasteiger partial charge in [-0.2, -0.15) is 7.05 Å². The molecule has 1 aliphatic carbocycles. The van der Waals surface area contributed by atoms with Crippen molar-refractivity contribution in [3.05, 3.63) is 7.05 Å². The van der Waals surface area contributed by atoms with Gasteiger partial charge in [-0.05, 0) is 0 Å². The fourth-order valence-corrected chi connectivity index (χ4v) is 1.80. The van der Waals surface area contributed by atoms with Crippen molar-refractivity contribution in [3.63, 3.8) is 0 Å². The van der Waals surface area contributed by atoms with Crippen LogP contribution in [-0.2, 0) is 0 Å². The third-order valence-electron chi connectivity index (χ3n) is 2.45. The molecule has 2 fully saturated rings. The lowest BCUT2D eigenvalue weighted by atomic mass is 10.4. The summed E-state index contributed by atoms with van der Waals surface area (Å²) in [6.45, 7) is 2.43. The molecule has 2 heteroatoms. The molecule has 1 saturated heterocycles. The normalized spacial score (nSPS) is 60.8. The summed E-state index contributed by atoms with van der Waals surface area (Å²) in [5.41, 5.74) is 5.69. The number of fused-ring (bicyclic) bond motifs is 1. The fraction of sp³-hybridized carbons (Fsp3) is 0.833. The Labute approximate surface area is 49.7 Å². The molecule has 4 atom stereocenters. The number of piperidine rings is 1. The number of nitrogens with one attached hydrogen (secondary N) is 1. The Morgan fingerprint density at radius 1 is 1.38 bits per heavy atom. The van der Waals surface area contributed by atoms with Crippen molar-refractivity contribution in [3.8, 4) is 0 Å². The Hall–Kier alpha value is -0.0800. The van der Waals surface area contributed by atoms with Crippen molar-refractivity contribution in [2.45, 2.75) is 6.04 Å². The van der Waals surface area contributed by atoms with Crippen LogP contribution in [0.1, 0.15) is 0 Å². The van der Waals surface area contributed by atoms with E-state index in [1.807, 2.05) is 0 Å². The van der Waals surface area contributed by atoms with Crippen LogP contribution in [0.25, 0.3) is 0 Å². The lowest BCUT2D eigenvalue weighted by Gasteiger charge is -2.15. The maximum Gasteiger partial charge on any atom is 0.0579 e. The van der Waals surface area contributed by atoms with Crippen LogP contribution >= 0.6 is 0 Å². The Kier molecular flexibility index (Phi) is 0.746. The standard InChI is InChI=1S/C6H12N2/c1-8-2-4-5(3-8)6(4)7/h4-6,8H,1-3,7H2/t4-,5+,6?. The number of hydrogen-bond donors (Lipinski definition) is 2. The summed E-state index contributed by atoms with van der Waals surface area (Å²) in [7, 11) is 3.91. The van der Waals surface area contributed by atoms with E-state index in [4.69, 9.17) is 5.73 Å². The van der Waals surface area contributed by atoms with Crippen molar-refractivity contribution >= 4 is 0 Å². The Morgan fingerprint density at radius 2 is 1.88 bits per heavy atom. The molecule has 0 spiro atoms. The molecule has 46 valence electrons. The van der Waals surface area contributed by atoms with Gasteiger partial charge in [0, 0.05) is 17.9 Å². The van der Waals surface area contributed by atoms with Gasteiger partial charge in [-0.15, -0.1) is 0 Å². The molecule has 0 aromatic carbocycles. The highest BCUT2D eigenvalue weighted by Crippen LogP contribution is 2.37. The molecule has 3 N–H and O–H groups in total. The number of nitrogens with two attached hydrogens (primary N) is 1. The molecule has 1 aliphatic heterocycles. The van der Waals surface area contributed by atoms with Gasteiger partial charge in [0.15, 0.2) is 0 Å². The van der Waals surface area contributed by atoms with E-state index in [1.165, 1.54) is 18.0 Å². The Balaban J connectivity index is 2.00. The van der Waals surface area contributed by atoms with Crippen molar-refractivity contribution in [2.75, 3.05) is 13.1 Å². The van der Waals surface area contributed by atoms with Crippen LogP contribution in [-0.4, -0.2) is 19.1 Å². The fourth-order valence-electron chi connectivity index (χ4n) is 1.80. The van der Waals surface area contributed by atoms with Crippen molar-refractivity contribution in [1.82, 2.24) is 0 Å². The zero-order valence-electron chi connectivity index (χ0n) is 4.93. The first-order valence-electron chi connectivity index (χ1n) is 3.21. The summed E-state index contributed by atoms with van der Waals surface area (Å²) in [5, 5.41) is 0. The predicted molar refractivity (Wildman–Crippen MR) is 31.0 cm³/mol. The molecule has 0 aromatic rings. The van der Waals surface area contributed by atoms with Gasteiger partial charge in [-0.1, -0.05) is 0 Å². The summed E-state index contributed by atoms with van der Waals surface area (Å²) in [6, 6.07) is 0.542. The van der Waals surface area contributed by atoms with Crippen LogP contribution in [0.15, 0.2) is 0 Å². The van der Waals surface area contributed by atoms with Crippen molar-refractivity contribution < 1.29 is 4.90 Å². The van der Waals surface area contributed by atoms with E-state index in [9.17, 15) is 0 Å². The van der Waals surface area contributed by atoms with E-state index < -0.39 is 0 Å². The minimum Gasteiger partial charge on any atom is -0.467 e. The van der Waals surface area contributed by atoms with E-state index in [0.29, 0.717) is 6.04 Å². The SMILES string of the molecule is [CH2-][NH+]1C[C@@H]2C(N)[C@@H]2C1. The van der Waals surface area contributed by atoms with E-state index in [2.05, 4.69) is 7.05 Å². The second-order valence-corrected chi connectivity index (χ2v) is 3.06. The highest BCUT2D eigenvalue weighted by molar-refractivity contribution is 5.02. The molecule has 0 radical (unpaired) electrons. The third-order valence-corrected chi connectivity index (χ3v) is 2.45. The van der Waals surface area contributed by atoms with Crippen LogP contribution in [0.4, 0.5) is 0 Å². The number of quaternary nitrogens is 1. The zero-order valence-corrected chi connectivity index (χ0v) is 4.93. The lowest BCUT2D eigenvalue weighted by molar-refractivity contribution is -0.845. The van der Waals surface area contributed by atoms with Gasteiger partial charge in [0.1, 0.15) is 0 Å². The summed E-state index contributed by atoms with van der Waals surface area (Å²) in [6.07, 6.45) is 0. The highest BCUT2D eigenvalue weighted by atomic mass is 15.2. The van der Waals surface area contributed by atoms with Gasteiger partial charge in [-0.3, -0.25) is 0 Å². The van der Waals surface area contributed by atoms with Crippen LogP contribution < -0.4 is 10.6 Å². The van der Waals surface area contributed by atoms with E-state index in [-0.39, 0.29) is 0 Å². The van der Waals surface area contributed by atoms with Gasteiger partial charge in [-0.25, -0.2) is 0 Å². The van der Waals surface area contributed by atoms with Crippen LogP contribution in [0.5, 0.6) is 0 Å². The molecular formula is C6H12N2. The molecule has 2 nitrogen and oxygen atoms in total. The van der Waals surface area contributed by atoms with Crippen LogP contribution in [0, 0.1) is 18.9 Å². The Bertz CT molecular complexity index is 101. The number of likely N-dealkylation sites (tertiary alicyclic amines) is 1. The summed E-state index contributed by atoms with van der Waals surface area (Å²) >= 11 is 0. The Morgan fingerprint density at radius 3 is 2.25 bits per heavy atom. The molecule has 0 aromatic heterocycles. The van der Waals surface area contributed by atoms with Gasteiger partial charge in [0.25, 0.3) is 0 Å². The average Bonchev–Trinajstić information content (AvgIpc) is 2.29. The van der Waals surface area contributed by atoms with E-state index in [0.717, 1.165) is 11.8 Å². The lowest BCUT2D eigenvalue weighted by Crippen LogP contribution is -3.06. The summed E-state index contributed by atoms with van der Waals surface area (Å²) < 4.78 is 0. The first-order chi connectivity index (χ1) is 3.79. The molecule has 0 bridgehead atoms. The molecule has 1 saturated carbocycles. The smallest absolute Gasteiger partial charge is 0.0579 e. The van der Waals surface area contributed by atoms with Crippen LogP contribution in [0.2, 0.25) is 0 Å². The number of rotatable bonds is 0. The number of hydrogen-bond acceptors (Lipinski definition) is 1. The molecule has 2 aliphatic rings. The van der Waals surface area contributed by atoms with E-state index in [1.54, 1.807) is 0 Å². The minimum absolute atomic E-state index is 0.542. The maximum absolute atomic E-state index is 5.69. The minimum atomic E-state index is 0.542. The average molecular weight is 112 g/mol. The van der Waals surface area contributed by atoms with Gasteiger partial charge >= 0.3 is 0 Å². The monoisotopic (exact) mass is 112 g/mol. The van der Waals surface area contributed by atoms with Crippen molar-refractivity contribution in [2.24, 2.45) is 17.6 Å². The second kappa shape index (κ2) is 1.25. The van der Waals surface area contributed by atoms with Gasteiger partial charge in [0.2, 0.25) is 0 Å². The molecule has 8 heavy (non-hydrogen) atoms. The molecule has 1 heterocycles. The maximum atomic E-state index is 5.69. The van der Waals surface area contributed by atoms with Crippen LogP contribution in [0.3, 0.4) is 0 Å². The van der Waals surface area contributed by atoms with E-state index >= 15 is 0 Å². The zero-order chi connectivity index (χ0) is 5.72. The molecule has 0 amide bonds. The second-order valence-electron chi connectivity index (χ2n) is 3.06.